The van der Waals surface area contributed by atoms with Crippen LogP contribution in [-0.4, -0.2) is 66.2 Å². The van der Waals surface area contributed by atoms with E-state index in [4.69, 9.17) is 9.72 Å². The highest BCUT2D eigenvalue weighted by Gasteiger charge is 2.44. The maximum absolute atomic E-state index is 12.4. The number of hydrogen-bond donors (Lipinski definition) is 2. The highest BCUT2D eigenvalue weighted by molar-refractivity contribution is 6.02. The highest BCUT2D eigenvalue weighted by Crippen LogP contribution is 2.55. The van der Waals surface area contributed by atoms with Gasteiger partial charge in [0, 0.05) is 67.8 Å². The topological polar surface area (TPSA) is 87.5 Å². The van der Waals surface area contributed by atoms with Crippen molar-refractivity contribution in [1.82, 2.24) is 19.4 Å². The second kappa shape index (κ2) is 13.9. The summed E-state index contributed by atoms with van der Waals surface area (Å²) in [4.78, 5) is 25.9. The first-order valence-electron chi connectivity index (χ1n) is 15.5. The van der Waals surface area contributed by atoms with Gasteiger partial charge in [0.1, 0.15) is 11.4 Å². The minimum Gasteiger partial charge on any atom is -0.491 e. The Morgan fingerprint density at radius 2 is 1.91 bits per heavy atom. The molecular formula is C35H45N7O2. The summed E-state index contributed by atoms with van der Waals surface area (Å²) >= 11 is 0. The highest BCUT2D eigenvalue weighted by atomic mass is 16.5. The number of hydrogen-bond acceptors (Lipinski definition) is 7. The van der Waals surface area contributed by atoms with E-state index < -0.39 is 0 Å². The van der Waals surface area contributed by atoms with Crippen LogP contribution in [0.1, 0.15) is 32.6 Å². The van der Waals surface area contributed by atoms with Crippen molar-refractivity contribution in [2.45, 2.75) is 32.6 Å². The number of benzene rings is 2. The molecule has 0 radical (unpaired) electrons. The average molecular weight is 596 g/mol. The molecule has 6 rings (SSSR count). The molecule has 2 fully saturated rings. The minimum absolute atomic E-state index is 0.301. The monoisotopic (exact) mass is 595 g/mol. The second-order valence-corrected chi connectivity index (χ2v) is 12.0. The summed E-state index contributed by atoms with van der Waals surface area (Å²) in [7, 11) is 8.08. The Bertz CT molecular complexity index is 1600. The molecule has 232 valence electrons. The Morgan fingerprint density at radius 3 is 2.57 bits per heavy atom. The standard InChI is InChI=1S/C30H37N7O2.C5H8/c1-7-17-39-27-19-21(18-25(33-28(38)8-2)29(27)36(5)16-15-35(3)4)32-30-31-14-13-24(34-30)23-20-37(6)26-12-10-9-11-22(23)26;1-2-5-3-4(1)5/h8-14,18-20H,2,7,15-17H2,1,3-6H3,(H,33,38)(H,31,32,34);4-5H,1-3H2. The Kier molecular flexibility index (Phi) is 9.85. The molecule has 2 N–H and O–H groups in total. The van der Waals surface area contributed by atoms with Gasteiger partial charge in [-0.3, -0.25) is 4.79 Å². The van der Waals surface area contributed by atoms with Crippen LogP contribution in [-0.2, 0) is 11.8 Å². The van der Waals surface area contributed by atoms with E-state index in [0.29, 0.717) is 29.7 Å². The average Bonchev–Trinajstić information content (AvgIpc) is 3.46. The van der Waals surface area contributed by atoms with Gasteiger partial charge in [0.15, 0.2) is 0 Å². The summed E-state index contributed by atoms with van der Waals surface area (Å²) < 4.78 is 8.27. The van der Waals surface area contributed by atoms with Crippen LogP contribution in [0.4, 0.5) is 23.0 Å². The molecule has 44 heavy (non-hydrogen) atoms. The number of ether oxygens (including phenoxy) is 1. The fraction of sp³-hybridized carbons (Fsp3) is 0.400. The van der Waals surface area contributed by atoms with Gasteiger partial charge in [0.05, 0.1) is 18.0 Å². The van der Waals surface area contributed by atoms with Gasteiger partial charge >= 0.3 is 0 Å². The molecule has 2 saturated carbocycles. The molecular weight excluding hydrogens is 550 g/mol. The molecule has 0 bridgehead atoms. The molecule has 2 aliphatic carbocycles. The predicted molar refractivity (Wildman–Crippen MR) is 181 cm³/mol. The molecule has 2 aromatic heterocycles. The van der Waals surface area contributed by atoms with Crippen LogP contribution in [0, 0.1) is 11.8 Å². The van der Waals surface area contributed by atoms with Crippen molar-refractivity contribution in [1.29, 1.82) is 0 Å². The van der Waals surface area contributed by atoms with Gasteiger partial charge in [-0.05, 0) is 75.9 Å². The van der Waals surface area contributed by atoms with E-state index in [-0.39, 0.29) is 5.91 Å². The van der Waals surface area contributed by atoms with Crippen LogP contribution >= 0.6 is 0 Å². The SMILES string of the molecule is C1CC2CC12.C=CC(=O)Nc1cc(Nc2nccc(-c3cn(C)c4ccccc34)n2)cc(OCCC)c1N(C)CCN(C)C. The lowest BCUT2D eigenvalue weighted by molar-refractivity contribution is -0.111. The smallest absolute Gasteiger partial charge is 0.247 e. The molecule has 0 saturated heterocycles. The number of carbonyl (C=O) groups excluding carboxylic acids is 1. The normalized spacial score (nSPS) is 16.3. The summed E-state index contributed by atoms with van der Waals surface area (Å²) in [5.41, 5.74) is 5.09. The number of aromatic nitrogens is 3. The second-order valence-electron chi connectivity index (χ2n) is 12.0. The Balaban J connectivity index is 0.000000684. The number of carbonyl (C=O) groups is 1. The Hall–Kier alpha value is -4.37. The predicted octanol–water partition coefficient (Wildman–Crippen LogP) is 6.71. The van der Waals surface area contributed by atoms with Crippen LogP contribution in [0.25, 0.3) is 22.2 Å². The van der Waals surface area contributed by atoms with Gasteiger partial charge < -0.3 is 29.7 Å². The van der Waals surface area contributed by atoms with Crippen LogP contribution < -0.4 is 20.3 Å². The Labute approximate surface area is 260 Å². The molecule has 0 aliphatic heterocycles. The van der Waals surface area contributed by atoms with Crippen molar-refractivity contribution in [3.8, 4) is 17.0 Å². The summed E-state index contributed by atoms with van der Waals surface area (Å²) in [5, 5.41) is 7.40. The number of nitrogens with zero attached hydrogens (tertiary/aromatic N) is 5. The third-order valence-corrected chi connectivity index (χ3v) is 8.31. The van der Waals surface area contributed by atoms with Crippen molar-refractivity contribution in [2.24, 2.45) is 18.9 Å². The van der Waals surface area contributed by atoms with E-state index in [9.17, 15) is 4.79 Å². The number of rotatable bonds is 12. The quantitative estimate of drug-likeness (QED) is 0.176. The molecule has 2 aromatic carbocycles. The van der Waals surface area contributed by atoms with E-state index in [1.54, 1.807) is 25.5 Å². The van der Waals surface area contributed by atoms with Crippen LogP contribution in [0.5, 0.6) is 5.75 Å². The van der Waals surface area contributed by atoms with Gasteiger partial charge in [0.2, 0.25) is 11.9 Å². The molecule has 2 aliphatic rings. The fourth-order valence-electron chi connectivity index (χ4n) is 5.56. The molecule has 9 heteroatoms. The zero-order valence-electron chi connectivity index (χ0n) is 26.6. The number of aryl methyl sites for hydroxylation is 1. The van der Waals surface area contributed by atoms with E-state index in [0.717, 1.165) is 47.4 Å². The number of nitrogens with one attached hydrogen (secondary N) is 2. The van der Waals surface area contributed by atoms with Crippen molar-refractivity contribution in [3.63, 3.8) is 0 Å². The first-order valence-corrected chi connectivity index (χ1v) is 15.5. The zero-order chi connectivity index (χ0) is 31.2. The van der Waals surface area contributed by atoms with E-state index in [2.05, 4.69) is 61.8 Å². The van der Waals surface area contributed by atoms with Crippen molar-refractivity contribution in [2.75, 3.05) is 56.4 Å². The molecule has 2 heterocycles. The van der Waals surface area contributed by atoms with Crippen molar-refractivity contribution < 1.29 is 9.53 Å². The number of fused-ring (bicyclic) bond motifs is 2. The largest absolute Gasteiger partial charge is 0.491 e. The number of likely N-dealkylation sites (N-methyl/N-ethyl adjacent to an activating group) is 2. The lowest BCUT2D eigenvalue weighted by atomic mass is 10.0. The first kappa shape index (κ1) is 31.1. The lowest BCUT2D eigenvalue weighted by Crippen LogP contribution is -2.29. The van der Waals surface area contributed by atoms with Crippen molar-refractivity contribution in [3.05, 3.63) is 67.5 Å². The maximum Gasteiger partial charge on any atom is 0.247 e. The number of amides is 1. The lowest BCUT2D eigenvalue weighted by Gasteiger charge is -2.27. The zero-order valence-corrected chi connectivity index (χ0v) is 26.6. The van der Waals surface area contributed by atoms with Gasteiger partial charge in [0.25, 0.3) is 0 Å². The molecule has 9 nitrogen and oxygen atoms in total. The van der Waals surface area contributed by atoms with Gasteiger partial charge in [-0.15, -0.1) is 0 Å². The first-order chi connectivity index (χ1) is 21.3. The summed E-state index contributed by atoms with van der Waals surface area (Å²) in [6.07, 6.45) is 10.6. The van der Waals surface area contributed by atoms with Crippen LogP contribution in [0.15, 0.2) is 67.5 Å². The molecule has 2 unspecified atom stereocenters. The van der Waals surface area contributed by atoms with Gasteiger partial charge in [-0.25, -0.2) is 9.97 Å². The number of para-hydroxylation sites is 1. The molecule has 2 atom stereocenters. The third-order valence-electron chi connectivity index (χ3n) is 8.31. The van der Waals surface area contributed by atoms with Gasteiger partial charge in [-0.2, -0.15) is 0 Å². The fourth-order valence-corrected chi connectivity index (χ4v) is 5.56. The molecule has 4 aromatic rings. The Morgan fingerprint density at radius 1 is 1.14 bits per heavy atom. The van der Waals surface area contributed by atoms with Gasteiger partial charge in [-0.1, -0.05) is 31.7 Å². The summed E-state index contributed by atoms with van der Waals surface area (Å²) in [6, 6.07) is 13.9. The maximum atomic E-state index is 12.4. The number of anilines is 4. The third kappa shape index (κ3) is 7.39. The minimum atomic E-state index is -0.301. The van der Waals surface area contributed by atoms with E-state index in [1.165, 1.54) is 17.9 Å². The van der Waals surface area contributed by atoms with Crippen LogP contribution in [0.3, 0.4) is 0 Å². The molecule has 1 amide bonds. The molecule has 0 spiro atoms. The van der Waals surface area contributed by atoms with Crippen molar-refractivity contribution >= 4 is 39.8 Å². The van der Waals surface area contributed by atoms with E-state index in [1.807, 2.05) is 58.5 Å². The van der Waals surface area contributed by atoms with E-state index >= 15 is 0 Å². The summed E-state index contributed by atoms with van der Waals surface area (Å²) in [5.74, 6) is 3.26. The summed E-state index contributed by atoms with van der Waals surface area (Å²) in [6.45, 7) is 7.80. The van der Waals surface area contributed by atoms with Crippen LogP contribution in [0.2, 0.25) is 0 Å².